The van der Waals surface area contributed by atoms with Crippen molar-refractivity contribution in [3.63, 3.8) is 0 Å². The first-order valence-corrected chi connectivity index (χ1v) is 9.49. The molecule has 4 nitrogen and oxygen atoms in total. The third-order valence-electron chi connectivity index (χ3n) is 5.84. The summed E-state index contributed by atoms with van der Waals surface area (Å²) < 4.78 is 12.0. The van der Waals surface area contributed by atoms with Crippen LogP contribution in [0.25, 0.3) is 0 Å². The maximum Gasteiger partial charge on any atom is 0.223 e. The zero-order valence-electron chi connectivity index (χ0n) is 16.3. The Hall–Kier alpha value is -2.36. The number of hydrogen-bond donors (Lipinski definition) is 0. The summed E-state index contributed by atoms with van der Waals surface area (Å²) in [6.07, 6.45) is 3.43. The SMILES string of the molecule is C=C1OC(c2ccccc2C2=NC(CC)(CC)C(=C)O2)=NC1(CC)CC. The maximum atomic E-state index is 6.00. The third kappa shape index (κ3) is 2.68. The molecule has 138 valence electrons. The molecule has 1 aromatic rings. The summed E-state index contributed by atoms with van der Waals surface area (Å²) >= 11 is 0. The topological polar surface area (TPSA) is 43.2 Å². The highest BCUT2D eigenvalue weighted by molar-refractivity contribution is 6.09. The molecule has 0 spiro atoms. The van der Waals surface area contributed by atoms with E-state index in [0.717, 1.165) is 36.8 Å². The quantitative estimate of drug-likeness (QED) is 0.689. The van der Waals surface area contributed by atoms with Gasteiger partial charge in [-0.25, -0.2) is 9.98 Å². The molecule has 0 saturated carbocycles. The van der Waals surface area contributed by atoms with Gasteiger partial charge < -0.3 is 9.47 Å². The minimum Gasteiger partial charge on any atom is -0.441 e. The fourth-order valence-electron chi connectivity index (χ4n) is 3.67. The number of benzene rings is 1. The maximum absolute atomic E-state index is 6.00. The molecule has 0 aliphatic carbocycles. The van der Waals surface area contributed by atoms with Gasteiger partial charge in [-0.05, 0) is 37.8 Å². The smallest absolute Gasteiger partial charge is 0.223 e. The van der Waals surface area contributed by atoms with Crippen LogP contribution in [0.3, 0.4) is 0 Å². The lowest BCUT2D eigenvalue weighted by atomic mass is 9.92. The fraction of sp³-hybridized carbons (Fsp3) is 0.455. The summed E-state index contributed by atoms with van der Waals surface area (Å²) in [5.41, 5.74) is 1.07. The van der Waals surface area contributed by atoms with Crippen LogP contribution in [0.4, 0.5) is 0 Å². The van der Waals surface area contributed by atoms with Gasteiger partial charge in [0, 0.05) is 11.1 Å². The van der Waals surface area contributed by atoms with E-state index in [0.29, 0.717) is 23.3 Å². The van der Waals surface area contributed by atoms with Crippen LogP contribution in [0.15, 0.2) is 58.9 Å². The molecule has 2 aliphatic rings. The molecule has 0 unspecified atom stereocenters. The Kier molecular flexibility index (Phi) is 4.78. The van der Waals surface area contributed by atoms with Gasteiger partial charge in [-0.3, -0.25) is 0 Å². The van der Waals surface area contributed by atoms with E-state index in [1.807, 2.05) is 24.3 Å². The molecule has 0 amide bonds. The van der Waals surface area contributed by atoms with E-state index in [1.54, 1.807) is 0 Å². The lowest BCUT2D eigenvalue weighted by Crippen LogP contribution is -2.23. The zero-order chi connectivity index (χ0) is 18.9. The molecule has 0 saturated heterocycles. The fourth-order valence-corrected chi connectivity index (χ4v) is 3.67. The molecule has 0 aromatic heterocycles. The number of aliphatic imine (C=N–C) groups is 2. The first-order valence-electron chi connectivity index (χ1n) is 9.49. The van der Waals surface area contributed by atoms with Crippen molar-refractivity contribution in [1.82, 2.24) is 0 Å². The Bertz CT molecular complexity index is 729. The summed E-state index contributed by atoms with van der Waals surface area (Å²) in [6.45, 7) is 16.7. The van der Waals surface area contributed by atoms with Crippen LogP contribution in [0.1, 0.15) is 64.5 Å². The van der Waals surface area contributed by atoms with Crippen LogP contribution in [-0.4, -0.2) is 22.9 Å². The Morgan fingerprint density at radius 3 is 1.35 bits per heavy atom. The molecule has 26 heavy (non-hydrogen) atoms. The van der Waals surface area contributed by atoms with Crippen molar-refractivity contribution in [1.29, 1.82) is 0 Å². The molecule has 0 bridgehead atoms. The average Bonchev–Trinajstić information content (AvgIpc) is 3.19. The standard InChI is InChI=1S/C22H28N2O2/c1-7-21(8-2)15(5)25-19(23-21)17-13-11-12-14-18(17)20-24-22(9-3,10-4)16(6)26-20/h11-14H,5-10H2,1-4H3. The number of nitrogens with zero attached hydrogens (tertiary/aromatic N) is 2. The van der Waals surface area contributed by atoms with Gasteiger partial charge in [0.1, 0.15) is 22.6 Å². The van der Waals surface area contributed by atoms with Crippen LogP contribution in [0.2, 0.25) is 0 Å². The Morgan fingerprint density at radius 2 is 1.08 bits per heavy atom. The van der Waals surface area contributed by atoms with Gasteiger partial charge in [0.15, 0.2) is 0 Å². The minimum absolute atomic E-state index is 0.346. The van der Waals surface area contributed by atoms with Crippen molar-refractivity contribution < 1.29 is 9.47 Å². The second kappa shape index (κ2) is 6.75. The molecule has 0 fully saturated rings. The molecule has 0 atom stereocenters. The Balaban J connectivity index is 2.07. The highest BCUT2D eigenvalue weighted by Gasteiger charge is 2.41. The lowest BCUT2D eigenvalue weighted by molar-refractivity contribution is 0.340. The third-order valence-corrected chi connectivity index (χ3v) is 5.84. The van der Waals surface area contributed by atoms with E-state index in [-0.39, 0.29) is 11.1 Å². The second-order valence-corrected chi connectivity index (χ2v) is 6.91. The van der Waals surface area contributed by atoms with Crippen molar-refractivity contribution in [3.05, 3.63) is 60.1 Å². The predicted octanol–water partition coefficient (Wildman–Crippen LogP) is 5.39. The van der Waals surface area contributed by atoms with Gasteiger partial charge in [-0.2, -0.15) is 0 Å². The highest BCUT2D eigenvalue weighted by atomic mass is 16.5. The molecule has 2 heterocycles. The average molecular weight is 352 g/mol. The van der Waals surface area contributed by atoms with Crippen LogP contribution in [0, 0.1) is 0 Å². The van der Waals surface area contributed by atoms with Crippen molar-refractivity contribution in [3.8, 4) is 0 Å². The van der Waals surface area contributed by atoms with Crippen LogP contribution >= 0.6 is 0 Å². The van der Waals surface area contributed by atoms with Crippen LogP contribution < -0.4 is 0 Å². The Labute approximate surface area is 156 Å². The summed E-state index contributed by atoms with van der Waals surface area (Å²) in [6, 6.07) is 7.94. The van der Waals surface area contributed by atoms with Crippen molar-refractivity contribution in [2.75, 3.05) is 0 Å². The van der Waals surface area contributed by atoms with E-state index in [4.69, 9.17) is 19.5 Å². The zero-order valence-corrected chi connectivity index (χ0v) is 16.3. The lowest BCUT2D eigenvalue weighted by Gasteiger charge is -2.20. The van der Waals surface area contributed by atoms with Crippen LogP contribution in [0.5, 0.6) is 0 Å². The molecular formula is C22H28N2O2. The largest absolute Gasteiger partial charge is 0.441 e. The number of ether oxygens (including phenoxy) is 2. The number of hydrogen-bond acceptors (Lipinski definition) is 4. The summed E-state index contributed by atoms with van der Waals surface area (Å²) in [5.74, 6) is 2.61. The van der Waals surface area contributed by atoms with E-state index in [9.17, 15) is 0 Å². The van der Waals surface area contributed by atoms with E-state index in [2.05, 4.69) is 40.9 Å². The van der Waals surface area contributed by atoms with Gasteiger partial charge in [0.25, 0.3) is 0 Å². The van der Waals surface area contributed by atoms with Gasteiger partial charge >= 0.3 is 0 Å². The molecule has 4 heteroatoms. The summed E-state index contributed by atoms with van der Waals surface area (Å²) in [7, 11) is 0. The first-order chi connectivity index (χ1) is 12.4. The summed E-state index contributed by atoms with van der Waals surface area (Å²) in [4.78, 5) is 9.79. The van der Waals surface area contributed by atoms with Gasteiger partial charge in [0.2, 0.25) is 11.8 Å². The molecule has 0 radical (unpaired) electrons. The monoisotopic (exact) mass is 352 g/mol. The summed E-state index contributed by atoms with van der Waals surface area (Å²) in [5, 5.41) is 0. The van der Waals surface area contributed by atoms with Crippen LogP contribution in [-0.2, 0) is 9.47 Å². The van der Waals surface area contributed by atoms with Gasteiger partial charge in [0.05, 0.1) is 0 Å². The van der Waals surface area contributed by atoms with Gasteiger partial charge in [-0.1, -0.05) is 53.0 Å². The molecular weight excluding hydrogens is 324 g/mol. The molecule has 3 rings (SSSR count). The number of rotatable bonds is 6. The van der Waals surface area contributed by atoms with Crippen molar-refractivity contribution in [2.45, 2.75) is 64.5 Å². The molecule has 2 aliphatic heterocycles. The van der Waals surface area contributed by atoms with Crippen molar-refractivity contribution in [2.24, 2.45) is 9.98 Å². The normalized spacial score (nSPS) is 20.5. The predicted molar refractivity (Wildman–Crippen MR) is 107 cm³/mol. The first kappa shape index (κ1) is 18.4. The Morgan fingerprint density at radius 1 is 0.731 bits per heavy atom. The second-order valence-electron chi connectivity index (χ2n) is 6.91. The van der Waals surface area contributed by atoms with E-state index in [1.165, 1.54) is 0 Å². The molecule has 1 aromatic carbocycles. The van der Waals surface area contributed by atoms with E-state index >= 15 is 0 Å². The van der Waals surface area contributed by atoms with E-state index < -0.39 is 0 Å². The van der Waals surface area contributed by atoms with Gasteiger partial charge in [-0.15, -0.1) is 0 Å². The highest BCUT2D eigenvalue weighted by Crippen LogP contribution is 2.39. The minimum atomic E-state index is -0.346. The van der Waals surface area contributed by atoms with Crippen molar-refractivity contribution >= 4 is 11.8 Å². The molecule has 0 N–H and O–H groups in total.